The molecule has 1 N–H and O–H groups in total. The molecule has 5 heteroatoms. The molecule has 84 valence electrons. The summed E-state index contributed by atoms with van der Waals surface area (Å²) in [5, 5.41) is 3.63. The second-order valence-corrected chi connectivity index (χ2v) is 3.78. The molecule has 0 aliphatic heterocycles. The van der Waals surface area contributed by atoms with Gasteiger partial charge in [-0.1, -0.05) is 0 Å². The Morgan fingerprint density at radius 1 is 1.31 bits per heavy atom. The molecular weight excluding hydrogens is 226 g/mol. The van der Waals surface area contributed by atoms with Crippen molar-refractivity contribution in [2.75, 3.05) is 0 Å². The maximum atomic E-state index is 5.66. The Labute approximate surface area is 98.7 Å². The molecule has 0 unspecified atom stereocenters. The van der Waals surface area contributed by atoms with Gasteiger partial charge in [-0.2, -0.15) is 0 Å². The minimum absolute atomic E-state index is 0.412. The van der Waals surface area contributed by atoms with E-state index in [1.54, 1.807) is 12.3 Å². The van der Waals surface area contributed by atoms with Crippen LogP contribution in [0.5, 0.6) is 0 Å². The second-order valence-electron chi connectivity index (χ2n) is 3.40. The summed E-state index contributed by atoms with van der Waals surface area (Å²) >= 11 is 5.66. The molecule has 0 aliphatic carbocycles. The van der Waals surface area contributed by atoms with Gasteiger partial charge in [-0.15, -0.1) is 0 Å². The third-order valence-electron chi connectivity index (χ3n) is 2.07. The van der Waals surface area contributed by atoms with Crippen molar-refractivity contribution >= 4 is 11.6 Å². The van der Waals surface area contributed by atoms with E-state index in [4.69, 9.17) is 16.0 Å². The lowest BCUT2D eigenvalue weighted by Gasteiger charge is -2.02. The first kappa shape index (κ1) is 11.1. The topological polar surface area (TPSA) is 51.0 Å². The van der Waals surface area contributed by atoms with Crippen LogP contribution in [-0.2, 0) is 13.1 Å². The molecule has 2 rings (SSSR count). The quantitative estimate of drug-likeness (QED) is 0.887. The highest BCUT2D eigenvalue weighted by Gasteiger charge is 2.00. The summed E-state index contributed by atoms with van der Waals surface area (Å²) in [7, 11) is 0. The van der Waals surface area contributed by atoms with Crippen LogP contribution < -0.4 is 5.32 Å². The first-order valence-corrected chi connectivity index (χ1v) is 5.35. The van der Waals surface area contributed by atoms with Crippen LogP contribution in [0.4, 0.5) is 0 Å². The number of halogens is 1. The van der Waals surface area contributed by atoms with Gasteiger partial charge in [-0.3, -0.25) is 0 Å². The van der Waals surface area contributed by atoms with Crippen molar-refractivity contribution in [1.29, 1.82) is 0 Å². The molecule has 16 heavy (non-hydrogen) atoms. The molecule has 0 bridgehead atoms. The van der Waals surface area contributed by atoms with Crippen LogP contribution in [0.15, 0.2) is 28.8 Å². The largest absolute Gasteiger partial charge is 0.448 e. The number of nitrogens with zero attached hydrogens (tertiary/aromatic N) is 2. The maximum Gasteiger partial charge on any atom is 0.193 e. The molecule has 0 atom stereocenters. The third kappa shape index (κ3) is 3.05. The lowest BCUT2D eigenvalue weighted by atomic mass is 10.3. The van der Waals surface area contributed by atoms with E-state index in [1.165, 1.54) is 0 Å². The number of aromatic nitrogens is 2. The van der Waals surface area contributed by atoms with Gasteiger partial charge in [0, 0.05) is 12.7 Å². The zero-order valence-electron chi connectivity index (χ0n) is 8.90. The number of hydrogen-bond acceptors (Lipinski definition) is 4. The summed E-state index contributed by atoms with van der Waals surface area (Å²) in [6.07, 6.45) is 1.75. The highest BCUT2D eigenvalue weighted by Crippen LogP contribution is 2.12. The Bertz CT molecular complexity index is 470. The molecule has 2 aromatic heterocycles. The summed E-state index contributed by atoms with van der Waals surface area (Å²) in [5.74, 6) is 1.59. The fourth-order valence-corrected chi connectivity index (χ4v) is 1.53. The Kier molecular flexibility index (Phi) is 3.54. The number of nitrogens with one attached hydrogen (secondary N) is 1. The van der Waals surface area contributed by atoms with Gasteiger partial charge in [0.05, 0.1) is 12.2 Å². The molecule has 0 aliphatic rings. The molecule has 0 spiro atoms. The Balaban J connectivity index is 1.84. The number of rotatable bonds is 4. The molecular formula is C11H12ClN3O. The normalized spacial score (nSPS) is 10.6. The molecule has 4 nitrogen and oxygen atoms in total. The Morgan fingerprint density at radius 3 is 2.88 bits per heavy atom. The lowest BCUT2D eigenvalue weighted by molar-refractivity contribution is 0.483. The van der Waals surface area contributed by atoms with Crippen molar-refractivity contribution < 1.29 is 4.42 Å². The monoisotopic (exact) mass is 237 g/mol. The van der Waals surface area contributed by atoms with Gasteiger partial charge in [0.2, 0.25) is 0 Å². The standard InChI is InChI=1S/C11H12ClN3O/c1-8-14-5-4-9(15-8)6-13-7-10-2-3-11(12)16-10/h2-5,13H,6-7H2,1H3. The predicted octanol–water partition coefficient (Wildman–Crippen LogP) is 2.32. The van der Waals surface area contributed by atoms with Crippen LogP contribution >= 0.6 is 11.6 Å². The minimum Gasteiger partial charge on any atom is -0.448 e. The molecule has 2 heterocycles. The predicted molar refractivity (Wildman–Crippen MR) is 61.0 cm³/mol. The zero-order chi connectivity index (χ0) is 11.4. The fraction of sp³-hybridized carbons (Fsp3) is 0.273. The van der Waals surface area contributed by atoms with Crippen LogP contribution in [0, 0.1) is 6.92 Å². The summed E-state index contributed by atoms with van der Waals surface area (Å²) in [6, 6.07) is 5.46. The van der Waals surface area contributed by atoms with Crippen molar-refractivity contribution in [3.8, 4) is 0 Å². The summed E-state index contributed by atoms with van der Waals surface area (Å²) in [5.41, 5.74) is 0.963. The summed E-state index contributed by atoms with van der Waals surface area (Å²) in [6.45, 7) is 3.19. The maximum absolute atomic E-state index is 5.66. The zero-order valence-corrected chi connectivity index (χ0v) is 9.66. The first-order chi connectivity index (χ1) is 7.74. The van der Waals surface area contributed by atoms with Gasteiger partial charge >= 0.3 is 0 Å². The van der Waals surface area contributed by atoms with Crippen molar-refractivity contribution in [3.05, 3.63) is 46.9 Å². The van der Waals surface area contributed by atoms with Crippen molar-refractivity contribution in [3.63, 3.8) is 0 Å². The van der Waals surface area contributed by atoms with Gasteiger partial charge in [-0.25, -0.2) is 9.97 Å². The van der Waals surface area contributed by atoms with E-state index >= 15 is 0 Å². The Hall–Kier alpha value is -1.39. The van der Waals surface area contributed by atoms with Crippen LogP contribution in [-0.4, -0.2) is 9.97 Å². The van der Waals surface area contributed by atoms with Crippen LogP contribution in [0.1, 0.15) is 17.3 Å². The molecule has 0 amide bonds. The van der Waals surface area contributed by atoms with Gasteiger partial charge in [0.1, 0.15) is 11.6 Å². The van der Waals surface area contributed by atoms with Gasteiger partial charge in [-0.05, 0) is 36.7 Å². The van der Waals surface area contributed by atoms with Gasteiger partial charge in [0.25, 0.3) is 0 Å². The van der Waals surface area contributed by atoms with Crippen LogP contribution in [0.2, 0.25) is 5.22 Å². The second kappa shape index (κ2) is 5.09. The van der Waals surface area contributed by atoms with E-state index in [1.807, 2.05) is 19.1 Å². The highest BCUT2D eigenvalue weighted by atomic mass is 35.5. The molecule has 0 aromatic carbocycles. The average Bonchev–Trinajstić information content (AvgIpc) is 2.64. The van der Waals surface area contributed by atoms with Crippen molar-refractivity contribution in [2.45, 2.75) is 20.0 Å². The SMILES string of the molecule is Cc1nccc(CNCc2ccc(Cl)o2)n1. The lowest BCUT2D eigenvalue weighted by Crippen LogP contribution is -2.13. The van der Waals surface area contributed by atoms with Gasteiger partial charge in [0.15, 0.2) is 5.22 Å². The smallest absolute Gasteiger partial charge is 0.193 e. The van der Waals surface area contributed by atoms with E-state index in [9.17, 15) is 0 Å². The Morgan fingerprint density at radius 2 is 2.19 bits per heavy atom. The first-order valence-electron chi connectivity index (χ1n) is 4.97. The number of hydrogen-bond donors (Lipinski definition) is 1. The molecule has 0 saturated heterocycles. The van der Waals surface area contributed by atoms with E-state index < -0.39 is 0 Å². The number of aryl methyl sites for hydroxylation is 1. The molecule has 0 radical (unpaired) electrons. The minimum atomic E-state index is 0.412. The third-order valence-corrected chi connectivity index (χ3v) is 2.27. The van der Waals surface area contributed by atoms with Crippen molar-refractivity contribution in [1.82, 2.24) is 15.3 Å². The van der Waals surface area contributed by atoms with E-state index in [-0.39, 0.29) is 0 Å². The van der Waals surface area contributed by atoms with E-state index in [2.05, 4.69) is 15.3 Å². The fourth-order valence-electron chi connectivity index (χ4n) is 1.36. The summed E-state index contributed by atoms with van der Waals surface area (Å²) in [4.78, 5) is 8.31. The van der Waals surface area contributed by atoms with E-state index in [0.717, 1.165) is 17.3 Å². The van der Waals surface area contributed by atoms with Crippen LogP contribution in [0.25, 0.3) is 0 Å². The average molecular weight is 238 g/mol. The van der Waals surface area contributed by atoms with Gasteiger partial charge < -0.3 is 9.73 Å². The molecule has 0 fully saturated rings. The van der Waals surface area contributed by atoms with Crippen LogP contribution in [0.3, 0.4) is 0 Å². The van der Waals surface area contributed by atoms with Crippen molar-refractivity contribution in [2.24, 2.45) is 0 Å². The van der Waals surface area contributed by atoms with E-state index in [0.29, 0.717) is 18.3 Å². The number of furan rings is 1. The summed E-state index contributed by atoms with van der Waals surface area (Å²) < 4.78 is 5.22. The molecule has 0 saturated carbocycles. The molecule has 2 aromatic rings. The highest BCUT2D eigenvalue weighted by molar-refractivity contribution is 6.28.